The topological polar surface area (TPSA) is 38.4 Å². The molecule has 1 unspecified atom stereocenters. The van der Waals surface area contributed by atoms with Crippen LogP contribution in [0, 0.1) is 5.92 Å². The highest BCUT2D eigenvalue weighted by Gasteiger charge is 2.14. The molecule has 0 saturated heterocycles. The highest BCUT2D eigenvalue weighted by atomic mass is 14.8. The number of rotatable bonds is 0. The lowest BCUT2D eigenvalue weighted by atomic mass is 9.99. The number of nitrogens with zero attached hydrogens (tertiary/aromatic N) is 1. The molecule has 0 saturated carbocycles. The summed E-state index contributed by atoms with van der Waals surface area (Å²) < 4.78 is 0. The Hall–Kier alpha value is -1.83. The molecule has 2 N–H and O–H groups in total. The van der Waals surface area contributed by atoms with Gasteiger partial charge in [0.2, 0.25) is 0 Å². The van der Waals surface area contributed by atoms with Gasteiger partial charge in [0.1, 0.15) is 0 Å². The second kappa shape index (κ2) is 2.83. The molecule has 0 spiro atoms. The Morgan fingerprint density at radius 1 is 1.33 bits per heavy atom. The summed E-state index contributed by atoms with van der Waals surface area (Å²) in [5.74, 6) is 0.471. The Morgan fingerprint density at radius 3 is 3.07 bits per heavy atom. The van der Waals surface area contributed by atoms with Gasteiger partial charge in [0.05, 0.1) is 11.1 Å². The van der Waals surface area contributed by atoms with Gasteiger partial charge < -0.3 is 5.73 Å². The minimum Gasteiger partial charge on any atom is -0.399 e. The average molecular weight is 196 g/mol. The van der Waals surface area contributed by atoms with Crippen molar-refractivity contribution in [2.24, 2.45) is 10.9 Å². The summed E-state index contributed by atoms with van der Waals surface area (Å²) in [5.41, 5.74) is 8.83. The molecular weight excluding hydrogens is 184 g/mol. The molecule has 15 heavy (non-hydrogen) atoms. The minimum absolute atomic E-state index is 0.471. The van der Waals surface area contributed by atoms with E-state index < -0.39 is 0 Å². The summed E-state index contributed by atoms with van der Waals surface area (Å²) in [7, 11) is 0. The zero-order valence-electron chi connectivity index (χ0n) is 8.57. The Morgan fingerprint density at radius 2 is 2.20 bits per heavy atom. The van der Waals surface area contributed by atoms with E-state index >= 15 is 0 Å². The van der Waals surface area contributed by atoms with Gasteiger partial charge in [-0.2, -0.15) is 0 Å². The SMILES string of the molecule is CC1C=CC2=c3ccc(N)cc3=NC2=C1. The first-order chi connectivity index (χ1) is 7.24. The molecule has 2 nitrogen and oxygen atoms in total. The van der Waals surface area contributed by atoms with E-state index in [0.29, 0.717) is 5.92 Å². The van der Waals surface area contributed by atoms with Gasteiger partial charge in [-0.25, -0.2) is 4.99 Å². The Bertz CT molecular complexity index is 606. The van der Waals surface area contributed by atoms with Crippen LogP contribution in [-0.2, 0) is 0 Å². The van der Waals surface area contributed by atoms with Crippen molar-refractivity contribution in [2.45, 2.75) is 6.92 Å². The van der Waals surface area contributed by atoms with Crippen molar-refractivity contribution in [3.05, 3.63) is 52.7 Å². The van der Waals surface area contributed by atoms with Crippen LogP contribution in [0.3, 0.4) is 0 Å². The molecule has 1 heterocycles. The third kappa shape index (κ3) is 1.22. The van der Waals surface area contributed by atoms with Gasteiger partial charge in [0, 0.05) is 16.5 Å². The Kier molecular flexibility index (Phi) is 1.60. The van der Waals surface area contributed by atoms with Crippen LogP contribution in [0.4, 0.5) is 5.69 Å². The Labute approximate surface area is 88.1 Å². The molecule has 3 rings (SSSR count). The Balaban J connectivity index is 2.37. The smallest absolute Gasteiger partial charge is 0.0736 e. The summed E-state index contributed by atoms with van der Waals surface area (Å²) >= 11 is 0. The summed E-state index contributed by atoms with van der Waals surface area (Å²) in [5, 5.41) is 2.19. The van der Waals surface area contributed by atoms with Gasteiger partial charge >= 0.3 is 0 Å². The standard InChI is InChI=1S/C13H12N2/c1-8-2-4-10-11-5-3-9(14)7-13(11)15-12(10)6-8/h2-8H,14H2,1H3. The molecule has 74 valence electrons. The highest BCUT2D eigenvalue weighted by Crippen LogP contribution is 2.23. The minimum atomic E-state index is 0.471. The second-order valence-corrected chi connectivity index (χ2v) is 4.07. The fourth-order valence-corrected chi connectivity index (χ4v) is 2.05. The number of allylic oxidation sites excluding steroid dienone is 3. The molecule has 1 aliphatic heterocycles. The van der Waals surface area contributed by atoms with Crippen LogP contribution in [0.15, 0.2) is 47.1 Å². The molecule has 0 bridgehead atoms. The van der Waals surface area contributed by atoms with Crippen molar-refractivity contribution in [1.29, 1.82) is 0 Å². The molecule has 1 atom stereocenters. The number of hydrogen-bond acceptors (Lipinski definition) is 2. The van der Waals surface area contributed by atoms with Gasteiger partial charge in [-0.15, -0.1) is 0 Å². The van der Waals surface area contributed by atoms with Crippen LogP contribution < -0.4 is 16.3 Å². The van der Waals surface area contributed by atoms with Crippen molar-refractivity contribution in [1.82, 2.24) is 0 Å². The van der Waals surface area contributed by atoms with Crippen molar-refractivity contribution < 1.29 is 0 Å². The van der Waals surface area contributed by atoms with E-state index in [9.17, 15) is 0 Å². The van der Waals surface area contributed by atoms with Crippen molar-refractivity contribution in [3.8, 4) is 0 Å². The van der Waals surface area contributed by atoms with Gasteiger partial charge in [-0.1, -0.05) is 31.2 Å². The van der Waals surface area contributed by atoms with Crippen molar-refractivity contribution >= 4 is 11.3 Å². The maximum absolute atomic E-state index is 5.74. The lowest BCUT2D eigenvalue weighted by Gasteiger charge is -2.08. The third-order valence-electron chi connectivity index (χ3n) is 2.82. The fourth-order valence-electron chi connectivity index (χ4n) is 2.05. The number of hydrogen-bond donors (Lipinski definition) is 1. The summed E-state index contributed by atoms with van der Waals surface area (Å²) in [4.78, 5) is 4.58. The number of anilines is 1. The quantitative estimate of drug-likeness (QED) is 0.621. The first-order valence-electron chi connectivity index (χ1n) is 5.13. The zero-order valence-corrected chi connectivity index (χ0v) is 8.57. The number of nitrogens with two attached hydrogens (primary N) is 1. The number of nitrogen functional groups attached to an aromatic ring is 1. The molecule has 1 aliphatic carbocycles. The largest absolute Gasteiger partial charge is 0.399 e. The van der Waals surface area contributed by atoms with Crippen LogP contribution in [0.2, 0.25) is 0 Å². The molecular formula is C13H12N2. The van der Waals surface area contributed by atoms with Gasteiger partial charge in [0.15, 0.2) is 0 Å². The summed E-state index contributed by atoms with van der Waals surface area (Å²) in [6.45, 7) is 2.16. The van der Waals surface area contributed by atoms with Crippen LogP contribution in [0.5, 0.6) is 0 Å². The predicted octanol–water partition coefficient (Wildman–Crippen LogP) is 1.14. The zero-order chi connectivity index (χ0) is 10.4. The first-order valence-corrected chi connectivity index (χ1v) is 5.13. The molecule has 1 aromatic rings. The maximum atomic E-state index is 5.74. The van der Waals surface area contributed by atoms with Crippen LogP contribution >= 0.6 is 0 Å². The highest BCUT2D eigenvalue weighted by molar-refractivity contribution is 5.76. The van der Waals surface area contributed by atoms with Gasteiger partial charge in [0.25, 0.3) is 0 Å². The summed E-state index contributed by atoms with van der Waals surface area (Å²) in [6.07, 6.45) is 6.54. The molecule has 0 fully saturated rings. The van der Waals surface area contributed by atoms with E-state index in [1.165, 1.54) is 10.8 Å². The molecule has 0 amide bonds. The van der Waals surface area contributed by atoms with E-state index in [1.807, 2.05) is 18.2 Å². The predicted molar refractivity (Wildman–Crippen MR) is 61.4 cm³/mol. The second-order valence-electron chi connectivity index (χ2n) is 4.07. The molecule has 2 heteroatoms. The third-order valence-corrected chi connectivity index (χ3v) is 2.82. The van der Waals surface area contributed by atoms with Crippen LogP contribution in [-0.4, -0.2) is 0 Å². The van der Waals surface area contributed by atoms with Crippen molar-refractivity contribution in [3.63, 3.8) is 0 Å². The van der Waals surface area contributed by atoms with Gasteiger partial charge in [-0.05, 0) is 18.1 Å². The lowest BCUT2D eigenvalue weighted by molar-refractivity contribution is 0.920. The van der Waals surface area contributed by atoms with Crippen molar-refractivity contribution in [2.75, 3.05) is 5.73 Å². The normalized spacial score (nSPS) is 21.8. The van der Waals surface area contributed by atoms with Crippen LogP contribution in [0.1, 0.15) is 6.92 Å². The van der Waals surface area contributed by atoms with Crippen LogP contribution in [0.25, 0.3) is 5.57 Å². The monoisotopic (exact) mass is 196 g/mol. The maximum Gasteiger partial charge on any atom is 0.0736 e. The van der Waals surface area contributed by atoms with Gasteiger partial charge in [-0.3, -0.25) is 0 Å². The molecule has 2 aliphatic rings. The number of fused-ring (bicyclic) bond motifs is 2. The average Bonchev–Trinajstić information content (AvgIpc) is 2.53. The first kappa shape index (κ1) is 8.48. The van der Waals surface area contributed by atoms with E-state index in [2.05, 4.69) is 30.1 Å². The molecule has 0 aromatic heterocycles. The van der Waals surface area contributed by atoms with E-state index in [-0.39, 0.29) is 0 Å². The van der Waals surface area contributed by atoms with E-state index in [1.54, 1.807) is 0 Å². The molecule has 1 aromatic carbocycles. The lowest BCUT2D eigenvalue weighted by Crippen LogP contribution is -2.22. The molecule has 0 radical (unpaired) electrons. The summed E-state index contributed by atoms with van der Waals surface area (Å²) in [6, 6.07) is 5.90. The number of benzene rings is 1. The van der Waals surface area contributed by atoms with E-state index in [0.717, 1.165) is 16.7 Å². The fraction of sp³-hybridized carbons (Fsp3) is 0.154. The van der Waals surface area contributed by atoms with E-state index in [4.69, 9.17) is 5.73 Å².